The molecule has 0 aliphatic carbocycles. The zero-order valence-corrected chi connectivity index (χ0v) is 13.2. The molecule has 120 valence electrons. The number of hydrogen-bond acceptors (Lipinski definition) is 6. The fraction of sp³-hybridized carbons (Fsp3) is 1.00. The Morgan fingerprint density at radius 1 is 0.950 bits per heavy atom. The van der Waals surface area contributed by atoms with Crippen LogP contribution in [0, 0.1) is 0 Å². The summed E-state index contributed by atoms with van der Waals surface area (Å²) in [6, 6.07) is 0. The molecule has 6 heteroatoms. The molecular formula is C14H28O5S. The van der Waals surface area contributed by atoms with Gasteiger partial charge in [-0.3, -0.25) is 0 Å². The van der Waals surface area contributed by atoms with E-state index in [0.29, 0.717) is 0 Å². The average Bonchev–Trinajstić information content (AvgIpc) is 2.46. The lowest BCUT2D eigenvalue weighted by atomic mass is 10.1. The van der Waals surface area contributed by atoms with Crippen molar-refractivity contribution in [1.82, 2.24) is 0 Å². The molecule has 20 heavy (non-hydrogen) atoms. The molecule has 0 unspecified atom stereocenters. The van der Waals surface area contributed by atoms with E-state index in [2.05, 4.69) is 6.92 Å². The lowest BCUT2D eigenvalue weighted by molar-refractivity contribution is -0.270. The van der Waals surface area contributed by atoms with Crippen LogP contribution in [0.15, 0.2) is 0 Å². The van der Waals surface area contributed by atoms with Crippen molar-refractivity contribution < 1.29 is 24.8 Å². The maximum atomic E-state index is 9.88. The third-order valence-corrected chi connectivity index (χ3v) is 4.78. The molecule has 1 rings (SSSR count). The van der Waals surface area contributed by atoms with Crippen molar-refractivity contribution in [3.8, 4) is 0 Å². The van der Waals surface area contributed by atoms with E-state index in [1.807, 2.05) is 0 Å². The van der Waals surface area contributed by atoms with Crippen molar-refractivity contribution in [1.29, 1.82) is 0 Å². The van der Waals surface area contributed by atoms with Crippen LogP contribution in [-0.2, 0) is 9.47 Å². The number of methoxy groups -OCH3 is 1. The van der Waals surface area contributed by atoms with E-state index < -0.39 is 30.0 Å². The van der Waals surface area contributed by atoms with E-state index >= 15 is 0 Å². The molecule has 1 heterocycles. The van der Waals surface area contributed by atoms with Crippen molar-refractivity contribution >= 4 is 11.8 Å². The molecule has 0 saturated carbocycles. The molecule has 0 aromatic carbocycles. The normalized spacial score (nSPS) is 34.4. The van der Waals surface area contributed by atoms with E-state index in [0.717, 1.165) is 12.2 Å². The predicted octanol–water partition coefficient (Wildman–Crippen LogP) is 1.49. The molecule has 0 spiro atoms. The zero-order valence-electron chi connectivity index (χ0n) is 12.4. The number of rotatable bonds is 9. The summed E-state index contributed by atoms with van der Waals surface area (Å²) in [6.07, 6.45) is 2.90. The predicted molar refractivity (Wildman–Crippen MR) is 79.5 cm³/mol. The van der Waals surface area contributed by atoms with Gasteiger partial charge in [0, 0.05) is 7.11 Å². The summed E-state index contributed by atoms with van der Waals surface area (Å²) >= 11 is 1.47. The van der Waals surface area contributed by atoms with Gasteiger partial charge in [-0.1, -0.05) is 39.0 Å². The van der Waals surface area contributed by atoms with Gasteiger partial charge < -0.3 is 24.8 Å². The van der Waals surface area contributed by atoms with E-state index in [9.17, 15) is 15.3 Å². The molecule has 3 N–H and O–H groups in total. The van der Waals surface area contributed by atoms with E-state index in [-0.39, 0.29) is 0 Å². The van der Waals surface area contributed by atoms with E-state index in [1.165, 1.54) is 51.0 Å². The van der Waals surface area contributed by atoms with Gasteiger partial charge in [-0.25, -0.2) is 0 Å². The number of thioether (sulfide) groups is 1. The second-order valence-electron chi connectivity index (χ2n) is 5.22. The third-order valence-electron chi connectivity index (χ3n) is 3.54. The highest BCUT2D eigenvalue weighted by atomic mass is 32.2. The van der Waals surface area contributed by atoms with Crippen LogP contribution in [0.4, 0.5) is 0 Å². The molecule has 1 aliphatic rings. The first-order chi connectivity index (χ1) is 9.61. The summed E-state index contributed by atoms with van der Waals surface area (Å²) < 4.78 is 10.4. The Morgan fingerprint density at radius 3 is 2.25 bits per heavy atom. The first-order valence-corrected chi connectivity index (χ1v) is 8.50. The standard InChI is InChI=1S/C14H28O5S/c1-3-4-5-6-7-8-9-20-14-12(17)10(15)11(16)13(18-2)19-14/h10-17H,3-9H2,1-2H3/t10-,11-,12+,13-,14-/m0/s1. The lowest BCUT2D eigenvalue weighted by Crippen LogP contribution is -2.57. The Bertz CT molecular complexity index is 252. The number of aliphatic hydroxyl groups is 3. The van der Waals surface area contributed by atoms with Gasteiger partial charge in [0.15, 0.2) is 6.29 Å². The fourth-order valence-corrected chi connectivity index (χ4v) is 3.38. The monoisotopic (exact) mass is 308 g/mol. The van der Waals surface area contributed by atoms with Crippen molar-refractivity contribution in [2.45, 2.75) is 75.5 Å². The van der Waals surface area contributed by atoms with Gasteiger partial charge in [0.2, 0.25) is 0 Å². The van der Waals surface area contributed by atoms with Crippen molar-refractivity contribution in [3.63, 3.8) is 0 Å². The molecule has 1 saturated heterocycles. The van der Waals surface area contributed by atoms with Crippen LogP contribution in [-0.4, -0.2) is 58.2 Å². The third kappa shape index (κ3) is 5.50. The highest BCUT2D eigenvalue weighted by Crippen LogP contribution is 2.29. The van der Waals surface area contributed by atoms with Crippen LogP contribution in [0.5, 0.6) is 0 Å². The van der Waals surface area contributed by atoms with Gasteiger partial charge in [-0.15, -0.1) is 11.8 Å². The molecule has 0 radical (unpaired) electrons. The highest BCUT2D eigenvalue weighted by Gasteiger charge is 2.43. The molecule has 0 aromatic rings. The van der Waals surface area contributed by atoms with Gasteiger partial charge in [0.25, 0.3) is 0 Å². The largest absolute Gasteiger partial charge is 0.387 e. The Morgan fingerprint density at radius 2 is 1.60 bits per heavy atom. The number of aliphatic hydroxyl groups excluding tert-OH is 3. The van der Waals surface area contributed by atoms with Gasteiger partial charge in [0.1, 0.15) is 23.7 Å². The Hall–Kier alpha value is 0.150. The molecule has 0 aromatic heterocycles. The second-order valence-corrected chi connectivity index (χ2v) is 6.43. The van der Waals surface area contributed by atoms with Crippen LogP contribution in [0.25, 0.3) is 0 Å². The number of ether oxygens (including phenoxy) is 2. The summed E-state index contributed by atoms with van der Waals surface area (Å²) in [5.41, 5.74) is -0.547. The minimum absolute atomic E-state index is 0.547. The van der Waals surface area contributed by atoms with Gasteiger partial charge in [0.05, 0.1) is 0 Å². The summed E-state index contributed by atoms with van der Waals surface area (Å²) in [5, 5.41) is 29.3. The quantitative estimate of drug-likeness (QED) is 0.560. The minimum Gasteiger partial charge on any atom is -0.387 e. The molecule has 1 aliphatic heterocycles. The minimum atomic E-state index is -1.23. The van der Waals surface area contributed by atoms with Gasteiger partial charge in [-0.2, -0.15) is 0 Å². The Kier molecular flexibility index (Phi) is 9.08. The summed E-state index contributed by atoms with van der Waals surface area (Å²) in [7, 11) is 1.41. The summed E-state index contributed by atoms with van der Waals surface area (Å²) in [5.74, 6) is 0.868. The topological polar surface area (TPSA) is 79.2 Å². The molecular weight excluding hydrogens is 280 g/mol. The first kappa shape index (κ1) is 18.2. The lowest BCUT2D eigenvalue weighted by Gasteiger charge is -2.39. The smallest absolute Gasteiger partial charge is 0.187 e. The average molecular weight is 308 g/mol. The number of hydrogen-bond donors (Lipinski definition) is 3. The Balaban J connectivity index is 2.21. The molecule has 5 atom stereocenters. The van der Waals surface area contributed by atoms with Gasteiger partial charge in [-0.05, 0) is 12.2 Å². The van der Waals surface area contributed by atoms with Crippen LogP contribution in [0.1, 0.15) is 45.4 Å². The van der Waals surface area contributed by atoms with Crippen molar-refractivity contribution in [2.24, 2.45) is 0 Å². The highest BCUT2D eigenvalue weighted by molar-refractivity contribution is 7.99. The summed E-state index contributed by atoms with van der Waals surface area (Å²) in [6.45, 7) is 2.20. The second kappa shape index (κ2) is 9.97. The van der Waals surface area contributed by atoms with E-state index in [1.54, 1.807) is 0 Å². The maximum Gasteiger partial charge on any atom is 0.187 e. The zero-order chi connectivity index (χ0) is 15.0. The van der Waals surface area contributed by atoms with Crippen molar-refractivity contribution in [2.75, 3.05) is 12.9 Å². The molecule has 5 nitrogen and oxygen atoms in total. The van der Waals surface area contributed by atoms with Crippen LogP contribution >= 0.6 is 11.8 Å². The van der Waals surface area contributed by atoms with Crippen molar-refractivity contribution in [3.05, 3.63) is 0 Å². The fourth-order valence-electron chi connectivity index (χ4n) is 2.23. The SMILES string of the molecule is CCCCCCCCS[C@@H]1O[C@H](OC)[C@@H](O)[C@H](O)[C@H]1O. The first-order valence-electron chi connectivity index (χ1n) is 7.45. The number of unbranched alkanes of at least 4 members (excludes halogenated alkanes) is 5. The maximum absolute atomic E-state index is 9.88. The summed E-state index contributed by atoms with van der Waals surface area (Å²) in [4.78, 5) is 0. The molecule has 0 amide bonds. The molecule has 0 bridgehead atoms. The van der Waals surface area contributed by atoms with Crippen LogP contribution < -0.4 is 0 Å². The Labute approximate surface area is 125 Å². The van der Waals surface area contributed by atoms with Crippen LogP contribution in [0.3, 0.4) is 0 Å². The van der Waals surface area contributed by atoms with Gasteiger partial charge >= 0.3 is 0 Å². The molecule has 1 fully saturated rings. The van der Waals surface area contributed by atoms with Crippen LogP contribution in [0.2, 0.25) is 0 Å². The van der Waals surface area contributed by atoms with E-state index in [4.69, 9.17) is 9.47 Å².